The molecule has 0 saturated carbocycles. The van der Waals surface area contributed by atoms with Gasteiger partial charge >= 0.3 is 35.9 Å². The molecular weight excluding hydrogens is 768 g/mol. The van der Waals surface area contributed by atoms with Gasteiger partial charge in [0.2, 0.25) is 11.8 Å². The second-order valence-corrected chi connectivity index (χ2v) is 12.7. The van der Waals surface area contributed by atoms with Crippen LogP contribution in [-0.2, 0) is 59.1 Å². The van der Waals surface area contributed by atoms with Crippen LogP contribution in [0.5, 0.6) is 0 Å². The van der Waals surface area contributed by atoms with Gasteiger partial charge in [0.15, 0.2) is 12.0 Å². The predicted molar refractivity (Wildman–Crippen MR) is 191 cm³/mol. The van der Waals surface area contributed by atoms with E-state index in [0.29, 0.717) is 5.56 Å². The van der Waals surface area contributed by atoms with Gasteiger partial charge in [0.25, 0.3) is 6.47 Å². The Bertz CT molecular complexity index is 1590. The smallest absolute Gasteiger partial charge is 0.326 e. The standard InChI is InChI=1S/C34H44N4O17S/c39-17-55-27(10-11-28(43)44)38-34(54)37-23(33(52)53)8-9-26(42)35-22(32(50)51)7-6-21(40)13-19(15-29(45)46)30(47)36-24(12-18-4-2-1-3-5-18)25(41)14-20(16-56)31(48)49/h1-5,17,19-20,22-24,27,56H,6-16H2,(H,35,42)(H,36,47)(H,43,44)(H,45,46)(H,48,49)(H,50,51)(H,52,53)(H2,37,38,54)/t19-,20-,22?,23+,24-,27-/m0/s1. The van der Waals surface area contributed by atoms with Gasteiger partial charge in [0.05, 0.1) is 30.7 Å². The van der Waals surface area contributed by atoms with E-state index in [2.05, 4.69) is 33.3 Å². The fourth-order valence-electron chi connectivity index (χ4n) is 5.05. The van der Waals surface area contributed by atoms with E-state index in [1.807, 2.05) is 5.32 Å². The highest BCUT2D eigenvalue weighted by Gasteiger charge is 2.32. The highest BCUT2D eigenvalue weighted by atomic mass is 32.1. The monoisotopic (exact) mass is 812 g/mol. The molecule has 0 saturated heterocycles. The van der Waals surface area contributed by atoms with Crippen molar-refractivity contribution in [1.82, 2.24) is 21.3 Å². The average molecular weight is 813 g/mol. The van der Waals surface area contributed by atoms with Crippen LogP contribution in [-0.4, -0.2) is 121 Å². The molecule has 0 bridgehead atoms. The number of amides is 4. The van der Waals surface area contributed by atoms with Crippen LogP contribution in [0.3, 0.4) is 0 Å². The lowest BCUT2D eigenvalue weighted by atomic mass is 9.92. The number of ketones is 2. The molecular formula is C34H44N4O17S. The lowest BCUT2D eigenvalue weighted by molar-refractivity contribution is -0.144. The molecule has 1 aromatic rings. The van der Waals surface area contributed by atoms with Gasteiger partial charge in [-0.25, -0.2) is 14.4 Å². The van der Waals surface area contributed by atoms with Crippen LogP contribution >= 0.6 is 12.6 Å². The van der Waals surface area contributed by atoms with Gasteiger partial charge in [-0.15, -0.1) is 0 Å². The number of carboxylic acid groups (broad SMARTS) is 5. The van der Waals surface area contributed by atoms with Crippen LogP contribution in [0.2, 0.25) is 0 Å². The Morgan fingerprint density at radius 2 is 1.25 bits per heavy atom. The summed E-state index contributed by atoms with van der Waals surface area (Å²) in [6.07, 6.45) is -6.75. The minimum absolute atomic E-state index is 0.0658. The lowest BCUT2D eigenvalue weighted by Gasteiger charge is -2.22. The van der Waals surface area contributed by atoms with Crippen molar-refractivity contribution in [2.75, 3.05) is 5.75 Å². The van der Waals surface area contributed by atoms with Gasteiger partial charge < -0.3 is 51.5 Å². The third-order valence-electron chi connectivity index (χ3n) is 8.01. The van der Waals surface area contributed by atoms with Gasteiger partial charge in [-0.1, -0.05) is 30.3 Å². The van der Waals surface area contributed by atoms with Crippen LogP contribution in [0, 0.1) is 11.8 Å². The molecule has 1 unspecified atom stereocenters. The summed E-state index contributed by atoms with van der Waals surface area (Å²) in [6, 6.07) is 2.41. The molecule has 0 heterocycles. The van der Waals surface area contributed by atoms with Gasteiger partial charge in [0, 0.05) is 37.9 Å². The first-order chi connectivity index (χ1) is 26.4. The topological polar surface area (TPSA) is 346 Å². The molecule has 0 aliphatic rings. The third kappa shape index (κ3) is 19.3. The summed E-state index contributed by atoms with van der Waals surface area (Å²) in [6.45, 7) is -0.0658. The molecule has 22 heteroatoms. The largest absolute Gasteiger partial charge is 0.481 e. The molecule has 0 aromatic heterocycles. The number of benzene rings is 1. The normalized spacial score (nSPS) is 13.9. The number of hydrogen-bond donors (Lipinski definition) is 10. The van der Waals surface area contributed by atoms with Crippen molar-refractivity contribution >= 4 is 78.4 Å². The Balaban J connectivity index is 2.91. The summed E-state index contributed by atoms with van der Waals surface area (Å²) in [5, 5.41) is 55.3. The second-order valence-electron chi connectivity index (χ2n) is 12.4. The fourth-order valence-corrected chi connectivity index (χ4v) is 5.33. The number of nitrogens with one attached hydrogen (secondary N) is 4. The van der Waals surface area contributed by atoms with Crippen molar-refractivity contribution in [3.05, 3.63) is 35.9 Å². The highest BCUT2D eigenvalue weighted by Crippen LogP contribution is 2.17. The molecule has 308 valence electrons. The zero-order chi connectivity index (χ0) is 42.4. The SMILES string of the molecule is O=CO[C@@H](CCC(=O)O)NC(=O)N[C@H](CCC(=O)NC(CCC(=O)C[C@@H](CC(=O)O)C(=O)N[C@@H](Cc1ccccc1)C(=O)C[C@@H](CS)C(=O)O)C(=O)O)C(=O)O. The van der Waals surface area contributed by atoms with Gasteiger partial charge in [-0.05, 0) is 24.8 Å². The molecule has 0 fully saturated rings. The first-order valence-electron chi connectivity index (χ1n) is 16.9. The van der Waals surface area contributed by atoms with E-state index in [1.165, 1.54) is 0 Å². The minimum atomic E-state index is -1.72. The van der Waals surface area contributed by atoms with E-state index < -0.39 is 147 Å². The predicted octanol–water partition coefficient (Wildman–Crippen LogP) is -0.400. The quantitative estimate of drug-likeness (QED) is 0.0279. The van der Waals surface area contributed by atoms with Crippen LogP contribution in [0.4, 0.5) is 4.79 Å². The molecule has 0 spiro atoms. The van der Waals surface area contributed by atoms with E-state index in [1.54, 1.807) is 30.3 Å². The van der Waals surface area contributed by atoms with Crippen molar-refractivity contribution in [2.45, 2.75) is 88.6 Å². The Kier molecular flexibility index (Phi) is 21.5. The number of carboxylic acids is 5. The number of carbonyl (C=O) groups is 11. The fraction of sp³-hybridized carbons (Fsp3) is 0.500. The van der Waals surface area contributed by atoms with E-state index in [9.17, 15) is 73.2 Å². The third-order valence-corrected chi connectivity index (χ3v) is 8.45. The van der Waals surface area contributed by atoms with Crippen molar-refractivity contribution in [3.8, 4) is 0 Å². The number of ether oxygens (including phenoxy) is 1. The first-order valence-corrected chi connectivity index (χ1v) is 17.6. The Morgan fingerprint density at radius 1 is 0.643 bits per heavy atom. The molecule has 21 nitrogen and oxygen atoms in total. The molecule has 56 heavy (non-hydrogen) atoms. The molecule has 0 radical (unpaired) electrons. The molecule has 0 aliphatic heterocycles. The van der Waals surface area contributed by atoms with Crippen LogP contribution < -0.4 is 21.3 Å². The van der Waals surface area contributed by atoms with Gasteiger partial charge in [-0.3, -0.25) is 38.4 Å². The van der Waals surface area contributed by atoms with Gasteiger partial charge in [-0.2, -0.15) is 12.6 Å². The summed E-state index contributed by atoms with van der Waals surface area (Å²) in [5.74, 6) is -13.6. The molecule has 4 amide bonds. The van der Waals surface area contributed by atoms with E-state index in [0.717, 1.165) is 0 Å². The Morgan fingerprint density at radius 3 is 1.79 bits per heavy atom. The number of urea groups is 1. The zero-order valence-electron chi connectivity index (χ0n) is 29.8. The van der Waals surface area contributed by atoms with Crippen LogP contribution in [0.1, 0.15) is 63.4 Å². The average Bonchev–Trinajstić information content (AvgIpc) is 3.12. The number of aliphatic carboxylic acids is 5. The summed E-state index contributed by atoms with van der Waals surface area (Å²) in [4.78, 5) is 132. The molecule has 0 aliphatic carbocycles. The maximum Gasteiger partial charge on any atom is 0.326 e. The number of hydrogen-bond acceptors (Lipinski definition) is 13. The molecule has 1 rings (SSSR count). The maximum atomic E-state index is 13.3. The summed E-state index contributed by atoms with van der Waals surface area (Å²) in [7, 11) is 0. The Labute approximate surface area is 324 Å². The van der Waals surface area contributed by atoms with Crippen molar-refractivity contribution in [2.24, 2.45) is 11.8 Å². The van der Waals surface area contributed by atoms with E-state index >= 15 is 0 Å². The number of thiol groups is 1. The first kappa shape index (κ1) is 48.0. The van der Waals surface area contributed by atoms with Crippen LogP contribution in [0.15, 0.2) is 30.3 Å². The summed E-state index contributed by atoms with van der Waals surface area (Å²) in [5.41, 5.74) is 0.584. The van der Waals surface area contributed by atoms with Crippen molar-refractivity contribution in [1.29, 1.82) is 0 Å². The highest BCUT2D eigenvalue weighted by molar-refractivity contribution is 7.80. The molecule has 1 aromatic carbocycles. The Hall–Kier alpha value is -6.06. The van der Waals surface area contributed by atoms with Gasteiger partial charge in [0.1, 0.15) is 17.9 Å². The number of carbonyl (C=O) groups excluding carboxylic acids is 6. The summed E-state index contributed by atoms with van der Waals surface area (Å²) >= 11 is 3.96. The van der Waals surface area contributed by atoms with Crippen molar-refractivity contribution < 1.29 is 83.0 Å². The minimum Gasteiger partial charge on any atom is -0.481 e. The number of Topliss-reactive ketones (excluding diaryl/α,β-unsaturated/α-hetero) is 2. The number of rotatable bonds is 29. The maximum absolute atomic E-state index is 13.3. The van der Waals surface area contributed by atoms with E-state index in [-0.39, 0.29) is 25.1 Å². The molecule has 6 atom stereocenters. The van der Waals surface area contributed by atoms with Crippen LogP contribution in [0.25, 0.3) is 0 Å². The zero-order valence-corrected chi connectivity index (χ0v) is 30.7. The second kappa shape index (κ2) is 25.1. The summed E-state index contributed by atoms with van der Waals surface area (Å²) < 4.78 is 4.54. The van der Waals surface area contributed by atoms with Crippen molar-refractivity contribution in [3.63, 3.8) is 0 Å². The molecule has 9 N–H and O–H groups in total. The van der Waals surface area contributed by atoms with E-state index in [4.69, 9.17) is 5.11 Å². The lowest BCUT2D eigenvalue weighted by Crippen LogP contribution is -2.50.